The molecule has 0 saturated carbocycles. The number of rotatable bonds is 2. The normalized spacial score (nSPS) is 11.1. The Balaban J connectivity index is 3.59. The van der Waals surface area contributed by atoms with E-state index in [1.807, 2.05) is 0 Å². The molecule has 1 aromatic carbocycles. The summed E-state index contributed by atoms with van der Waals surface area (Å²) >= 11 is 0. The fraction of sp³-hybridized carbons (Fsp3) is 0.333. The smallest absolute Gasteiger partial charge is 0.294 e. The lowest BCUT2D eigenvalue weighted by Gasteiger charge is -2.13. The first kappa shape index (κ1) is 13.2. The van der Waals surface area contributed by atoms with Crippen molar-refractivity contribution in [3.8, 4) is 6.07 Å². The zero-order valence-corrected chi connectivity index (χ0v) is 9.35. The quantitative estimate of drug-likeness (QED) is 0.745. The predicted molar refractivity (Wildman–Crippen MR) is 55.5 cm³/mol. The van der Waals surface area contributed by atoms with Crippen LogP contribution in [0.25, 0.3) is 0 Å². The Hall–Kier alpha value is -1.83. The second-order valence-corrected chi connectivity index (χ2v) is 3.57. The van der Waals surface area contributed by atoms with Crippen LogP contribution >= 0.6 is 0 Å². The molecule has 0 atom stereocenters. The van der Waals surface area contributed by atoms with Crippen LogP contribution in [0.4, 0.5) is 13.2 Å². The fourth-order valence-electron chi connectivity index (χ4n) is 1.57. The minimum Gasteiger partial charge on any atom is -0.294 e. The SMILES string of the molecule is CCc1cc(C(C)=O)c(C(F)(F)F)cc1C#N. The van der Waals surface area contributed by atoms with E-state index in [1.54, 1.807) is 13.0 Å². The Morgan fingerprint density at radius 2 is 2.00 bits per heavy atom. The van der Waals surface area contributed by atoms with E-state index in [9.17, 15) is 18.0 Å². The zero-order valence-electron chi connectivity index (χ0n) is 9.35. The van der Waals surface area contributed by atoms with Gasteiger partial charge in [0.25, 0.3) is 0 Å². The van der Waals surface area contributed by atoms with Gasteiger partial charge in [0.15, 0.2) is 5.78 Å². The third kappa shape index (κ3) is 2.64. The Bertz CT molecular complexity index is 498. The average molecular weight is 241 g/mol. The molecule has 1 aromatic rings. The second-order valence-electron chi connectivity index (χ2n) is 3.57. The Morgan fingerprint density at radius 1 is 1.41 bits per heavy atom. The molecule has 17 heavy (non-hydrogen) atoms. The van der Waals surface area contributed by atoms with Gasteiger partial charge in [-0.15, -0.1) is 0 Å². The van der Waals surface area contributed by atoms with Gasteiger partial charge in [0.1, 0.15) is 0 Å². The summed E-state index contributed by atoms with van der Waals surface area (Å²) in [4.78, 5) is 11.2. The number of carbonyl (C=O) groups is 1. The summed E-state index contributed by atoms with van der Waals surface area (Å²) < 4.78 is 38.1. The van der Waals surface area contributed by atoms with Crippen molar-refractivity contribution >= 4 is 5.78 Å². The fourth-order valence-corrected chi connectivity index (χ4v) is 1.57. The highest BCUT2D eigenvalue weighted by Crippen LogP contribution is 2.34. The number of halogens is 3. The number of hydrogen-bond acceptors (Lipinski definition) is 2. The highest BCUT2D eigenvalue weighted by Gasteiger charge is 2.35. The Labute approximate surface area is 96.7 Å². The molecule has 0 heterocycles. The monoisotopic (exact) mass is 241 g/mol. The summed E-state index contributed by atoms with van der Waals surface area (Å²) in [6.45, 7) is 2.80. The lowest BCUT2D eigenvalue weighted by Crippen LogP contribution is -2.13. The van der Waals surface area contributed by atoms with E-state index in [0.29, 0.717) is 12.0 Å². The molecule has 90 valence electrons. The van der Waals surface area contributed by atoms with E-state index >= 15 is 0 Å². The topological polar surface area (TPSA) is 40.9 Å². The van der Waals surface area contributed by atoms with Gasteiger partial charge in [-0.25, -0.2) is 0 Å². The van der Waals surface area contributed by atoms with E-state index in [2.05, 4.69) is 0 Å². The average Bonchev–Trinajstić information content (AvgIpc) is 2.25. The van der Waals surface area contributed by atoms with Crippen molar-refractivity contribution in [2.45, 2.75) is 26.4 Å². The number of Topliss-reactive ketones (excluding diaryl/α,β-unsaturated/α-hetero) is 1. The molecule has 0 aromatic heterocycles. The molecule has 0 saturated heterocycles. The van der Waals surface area contributed by atoms with Crippen molar-refractivity contribution in [1.82, 2.24) is 0 Å². The van der Waals surface area contributed by atoms with Gasteiger partial charge in [-0.2, -0.15) is 18.4 Å². The van der Waals surface area contributed by atoms with Crippen molar-refractivity contribution in [3.63, 3.8) is 0 Å². The summed E-state index contributed by atoms with van der Waals surface area (Å²) in [6.07, 6.45) is -4.22. The maximum Gasteiger partial charge on any atom is 0.417 e. The predicted octanol–water partition coefficient (Wildman–Crippen LogP) is 3.34. The van der Waals surface area contributed by atoms with Crippen LogP contribution in [-0.4, -0.2) is 5.78 Å². The van der Waals surface area contributed by atoms with Crippen LogP contribution in [0.5, 0.6) is 0 Å². The molecule has 0 aliphatic rings. The first-order chi connectivity index (χ1) is 7.81. The molecule has 0 amide bonds. The van der Waals surface area contributed by atoms with Gasteiger partial charge in [-0.05, 0) is 31.0 Å². The summed E-state index contributed by atoms with van der Waals surface area (Å²) in [5.74, 6) is -0.656. The lowest BCUT2D eigenvalue weighted by atomic mass is 9.95. The molecule has 5 heteroatoms. The number of nitrogens with zero attached hydrogens (tertiary/aromatic N) is 1. The van der Waals surface area contributed by atoms with Crippen molar-refractivity contribution in [2.24, 2.45) is 0 Å². The maximum atomic E-state index is 12.7. The molecule has 0 bridgehead atoms. The maximum absolute atomic E-state index is 12.7. The van der Waals surface area contributed by atoms with Crippen LogP contribution in [0.3, 0.4) is 0 Å². The van der Waals surface area contributed by atoms with Crippen molar-refractivity contribution < 1.29 is 18.0 Å². The number of alkyl halides is 3. The van der Waals surface area contributed by atoms with Gasteiger partial charge >= 0.3 is 6.18 Å². The van der Waals surface area contributed by atoms with E-state index in [0.717, 1.165) is 19.1 Å². The highest BCUT2D eigenvalue weighted by molar-refractivity contribution is 5.96. The van der Waals surface area contributed by atoms with Crippen LogP contribution in [0.1, 0.15) is 40.9 Å². The number of ketones is 1. The minimum absolute atomic E-state index is 0.0372. The van der Waals surface area contributed by atoms with Crippen LogP contribution in [0.15, 0.2) is 12.1 Å². The van der Waals surface area contributed by atoms with Gasteiger partial charge in [-0.1, -0.05) is 6.92 Å². The molecule has 2 nitrogen and oxygen atoms in total. The molecule has 0 N–H and O–H groups in total. The molecule has 0 unspecified atom stereocenters. The number of carbonyl (C=O) groups excluding carboxylic acids is 1. The third-order valence-corrected chi connectivity index (χ3v) is 2.43. The van der Waals surface area contributed by atoms with Crippen molar-refractivity contribution in [3.05, 3.63) is 34.4 Å². The lowest BCUT2D eigenvalue weighted by molar-refractivity contribution is -0.137. The van der Waals surface area contributed by atoms with Gasteiger partial charge in [0.2, 0.25) is 0 Å². The third-order valence-electron chi connectivity index (χ3n) is 2.43. The number of hydrogen-bond donors (Lipinski definition) is 0. The summed E-state index contributed by atoms with van der Waals surface area (Å²) in [6, 6.07) is 3.62. The minimum atomic E-state index is -4.63. The van der Waals surface area contributed by atoms with Crippen molar-refractivity contribution in [2.75, 3.05) is 0 Å². The molecule has 0 aliphatic carbocycles. The number of aryl methyl sites for hydroxylation is 1. The first-order valence-electron chi connectivity index (χ1n) is 4.96. The summed E-state index contributed by atoms with van der Waals surface area (Å²) in [5.41, 5.74) is -1.01. The van der Waals surface area contributed by atoms with Crippen LogP contribution in [0, 0.1) is 11.3 Å². The molecule has 0 aliphatic heterocycles. The molecular weight excluding hydrogens is 231 g/mol. The van der Waals surface area contributed by atoms with Gasteiger partial charge in [0, 0.05) is 5.56 Å². The van der Waals surface area contributed by atoms with E-state index < -0.39 is 17.5 Å². The Morgan fingerprint density at radius 3 is 2.35 bits per heavy atom. The second kappa shape index (κ2) is 4.58. The van der Waals surface area contributed by atoms with E-state index in [4.69, 9.17) is 5.26 Å². The number of benzene rings is 1. The largest absolute Gasteiger partial charge is 0.417 e. The van der Waals surface area contributed by atoms with Crippen LogP contribution in [0.2, 0.25) is 0 Å². The molecule has 0 radical (unpaired) electrons. The first-order valence-corrected chi connectivity index (χ1v) is 4.96. The number of nitriles is 1. The summed E-state index contributed by atoms with van der Waals surface area (Å²) in [7, 11) is 0. The Kier molecular flexibility index (Phi) is 3.56. The molecule has 1 rings (SSSR count). The van der Waals surface area contributed by atoms with Crippen molar-refractivity contribution in [1.29, 1.82) is 5.26 Å². The highest BCUT2D eigenvalue weighted by atomic mass is 19.4. The standard InChI is InChI=1S/C12H10F3NO/c1-3-8-4-10(7(2)17)11(12(13,14)15)5-9(8)6-16/h4-5H,3H2,1-2H3. The van der Waals surface area contributed by atoms with Gasteiger partial charge in [-0.3, -0.25) is 4.79 Å². The van der Waals surface area contributed by atoms with E-state index in [-0.39, 0.29) is 11.1 Å². The molecule has 0 fully saturated rings. The van der Waals surface area contributed by atoms with Crippen LogP contribution < -0.4 is 0 Å². The molecular formula is C12H10F3NO. The van der Waals surface area contributed by atoms with E-state index in [1.165, 1.54) is 0 Å². The van der Waals surface area contributed by atoms with Crippen LogP contribution in [-0.2, 0) is 12.6 Å². The zero-order chi connectivity index (χ0) is 13.2. The summed E-state index contributed by atoms with van der Waals surface area (Å²) in [5, 5.41) is 8.77. The van der Waals surface area contributed by atoms with Gasteiger partial charge < -0.3 is 0 Å². The van der Waals surface area contributed by atoms with Gasteiger partial charge in [0.05, 0.1) is 17.2 Å². The molecule has 0 spiro atoms.